The van der Waals surface area contributed by atoms with E-state index in [-0.39, 0.29) is 91.7 Å². The molecule has 4 aromatic rings. The van der Waals surface area contributed by atoms with Crippen LogP contribution in [-0.4, -0.2) is 55.0 Å². The average Bonchev–Trinajstić information content (AvgIpc) is 3.56. The molecule has 4 aromatic heterocycles. The van der Waals surface area contributed by atoms with Gasteiger partial charge in [-0.25, -0.2) is 5.26 Å². The van der Waals surface area contributed by atoms with Crippen LogP contribution < -0.4 is 17.2 Å². The maximum absolute atomic E-state index is 10.6. The van der Waals surface area contributed by atoms with E-state index in [1.54, 1.807) is 44.5 Å². The standard InChI is InChI=1S/C6H8N3O.2C6H8N3S.C6H6N3.CH4.4W/c3*1-4-3-8-9(2)5(4)6(7)10;1-5-4-8-9(2)6(5)3-7;;;;;/h3*1-2H3,(H2,7,10);1-2H3;1H4;;;;/q4*-1;;;;;. The smallest absolute Gasteiger partial charge is 0.184 e. The van der Waals surface area contributed by atoms with Crippen LogP contribution >= 0.6 is 24.4 Å². The molecule has 1 amide bonds. The zero-order chi connectivity index (χ0) is 30.0. The molecule has 44 heavy (non-hydrogen) atoms. The Morgan fingerprint density at radius 3 is 1.02 bits per heavy atom. The van der Waals surface area contributed by atoms with Crippen LogP contribution in [0.25, 0.3) is 0 Å². The van der Waals surface area contributed by atoms with Crippen LogP contribution in [0.1, 0.15) is 57.3 Å². The summed E-state index contributed by atoms with van der Waals surface area (Å²) < 4.78 is 6.17. The second kappa shape index (κ2) is 24.6. The molecular formula is C25H34N12OS2W4-4. The summed E-state index contributed by atoms with van der Waals surface area (Å²) in [5, 5.41) is 23.7. The predicted molar refractivity (Wildman–Crippen MR) is 159 cm³/mol. The van der Waals surface area contributed by atoms with Crippen molar-refractivity contribution in [3.8, 4) is 6.07 Å². The van der Waals surface area contributed by atoms with E-state index < -0.39 is 5.91 Å². The Kier molecular flexibility index (Phi) is 29.0. The van der Waals surface area contributed by atoms with Crippen LogP contribution in [0.3, 0.4) is 0 Å². The van der Waals surface area contributed by atoms with Gasteiger partial charge in [0.05, 0.1) is 0 Å². The van der Waals surface area contributed by atoms with Gasteiger partial charge in [0.25, 0.3) is 0 Å². The van der Waals surface area contributed by atoms with Crippen LogP contribution in [-0.2, 0) is 112 Å². The molecule has 0 fully saturated rings. The molecule has 0 aliphatic heterocycles. The number of nitrogens with zero attached hydrogens (tertiary/aromatic N) is 9. The van der Waals surface area contributed by atoms with Crippen LogP contribution in [0, 0.1) is 63.8 Å². The summed E-state index contributed by atoms with van der Waals surface area (Å²) in [7, 11) is 6.96. The summed E-state index contributed by atoms with van der Waals surface area (Å²) >= 11 is 9.58. The summed E-state index contributed by atoms with van der Waals surface area (Å²) in [6.45, 7) is 7.31. The van der Waals surface area contributed by atoms with Crippen molar-refractivity contribution in [2.45, 2.75) is 35.1 Å². The van der Waals surface area contributed by atoms with Gasteiger partial charge in [-0.05, 0) is 11.4 Å². The number of aryl methyl sites for hydroxylation is 8. The van der Waals surface area contributed by atoms with Crippen LogP contribution in [0.5, 0.6) is 0 Å². The molecule has 4 heterocycles. The molecule has 13 nitrogen and oxygen atoms in total. The molecule has 0 aliphatic rings. The first kappa shape index (κ1) is 51.9. The fourth-order valence-electron chi connectivity index (χ4n) is 3.17. The van der Waals surface area contributed by atoms with E-state index in [9.17, 15) is 4.79 Å². The van der Waals surface area contributed by atoms with E-state index in [1.807, 2.05) is 26.8 Å². The fourth-order valence-corrected chi connectivity index (χ4v) is 3.74. The number of rotatable bonds is 3. The number of primary amides is 1. The van der Waals surface area contributed by atoms with Crippen molar-refractivity contribution in [2.24, 2.45) is 45.4 Å². The van der Waals surface area contributed by atoms with Gasteiger partial charge in [0, 0.05) is 128 Å². The third-order valence-corrected chi connectivity index (χ3v) is 5.38. The van der Waals surface area contributed by atoms with Crippen molar-refractivity contribution in [3.63, 3.8) is 0 Å². The van der Waals surface area contributed by atoms with Crippen molar-refractivity contribution < 1.29 is 89.1 Å². The second-order valence-electron chi connectivity index (χ2n) is 8.04. The Morgan fingerprint density at radius 1 is 0.636 bits per heavy atom. The van der Waals surface area contributed by atoms with Gasteiger partial charge in [-0.15, -0.1) is 24.8 Å². The quantitative estimate of drug-likeness (QED) is 0.197. The minimum atomic E-state index is -0.464. The van der Waals surface area contributed by atoms with E-state index in [0.29, 0.717) is 26.9 Å². The van der Waals surface area contributed by atoms with E-state index >= 15 is 0 Å². The Morgan fingerprint density at radius 2 is 0.909 bits per heavy atom. The number of amides is 1. The Hall–Kier alpha value is -1.67. The molecule has 0 radical (unpaired) electrons. The van der Waals surface area contributed by atoms with E-state index in [2.05, 4.69) is 45.2 Å². The molecule has 0 aromatic carbocycles. The van der Waals surface area contributed by atoms with Crippen molar-refractivity contribution in [1.29, 1.82) is 5.26 Å². The molecule has 6 N–H and O–H groups in total. The first-order valence-electron chi connectivity index (χ1n) is 11.1. The Balaban J connectivity index is -0.000000148. The van der Waals surface area contributed by atoms with Crippen molar-refractivity contribution in [1.82, 2.24) is 39.1 Å². The number of aromatic nitrogens is 8. The molecule has 0 unspecified atom stereocenters. The zero-order valence-electron chi connectivity index (χ0n) is 24.6. The summed E-state index contributed by atoms with van der Waals surface area (Å²) in [6.07, 6.45) is 10.8. The molecule has 0 spiro atoms. The van der Waals surface area contributed by atoms with Gasteiger partial charge in [-0.1, -0.05) is 70.9 Å². The van der Waals surface area contributed by atoms with Gasteiger partial charge in [-0.2, -0.15) is 22.3 Å². The number of carbonyl (C=O) groups excluding carboxylic acids is 1. The number of carbonyl (C=O) groups is 1. The van der Waals surface area contributed by atoms with Gasteiger partial charge < -0.3 is 56.3 Å². The zero-order valence-corrected chi connectivity index (χ0v) is 38.0. The van der Waals surface area contributed by atoms with E-state index in [0.717, 1.165) is 28.1 Å². The first-order valence-corrected chi connectivity index (χ1v) is 11.9. The number of hydrogen-bond donors (Lipinski definition) is 3. The normalized spacial score (nSPS) is 8.52. The maximum Gasteiger partial charge on any atom is 0.184 e. The Labute approximate surface area is 327 Å². The summed E-state index contributed by atoms with van der Waals surface area (Å²) in [6, 6.07) is 2.01. The molecule has 4 rings (SSSR count). The monoisotopic (exact) mass is 1320 g/mol. The van der Waals surface area contributed by atoms with Gasteiger partial charge in [-0.3, -0.25) is 4.79 Å². The maximum atomic E-state index is 10.6. The van der Waals surface area contributed by atoms with Crippen LogP contribution in [0.15, 0.2) is 0 Å². The van der Waals surface area contributed by atoms with Crippen LogP contribution in [0.2, 0.25) is 0 Å². The largest absolute Gasteiger partial charge is 0.403 e. The molecule has 19 heteroatoms. The van der Waals surface area contributed by atoms with Gasteiger partial charge in [0.2, 0.25) is 0 Å². The summed E-state index contributed by atoms with van der Waals surface area (Å²) in [5.41, 5.74) is 21.7. The third-order valence-electron chi connectivity index (χ3n) is 4.99. The van der Waals surface area contributed by atoms with E-state index in [4.69, 9.17) is 46.9 Å². The summed E-state index contributed by atoms with van der Waals surface area (Å²) in [5.74, 6) is -0.464. The SMILES string of the molecule is C.Cc1[c-]nn(C)c1C#N.Cc1[c-]nn(C)c1C(N)=O.Cc1[c-]nn(C)c1C(N)=S.Cc1[c-]nn(C)c1C(N)=S.[W].[W].[W].[W]. The third kappa shape index (κ3) is 15.1. The molecular weight excluding hydrogens is 1280 g/mol. The fraction of sp³-hybridized carbons (Fsp3) is 0.360. The van der Waals surface area contributed by atoms with Crippen molar-refractivity contribution >= 4 is 40.3 Å². The van der Waals surface area contributed by atoms with E-state index in [1.165, 1.54) is 9.36 Å². The van der Waals surface area contributed by atoms with Crippen molar-refractivity contribution in [3.05, 3.63) is 69.8 Å². The van der Waals surface area contributed by atoms with Gasteiger partial charge >= 0.3 is 0 Å². The number of hydrogen-bond acceptors (Lipinski definition) is 8. The minimum Gasteiger partial charge on any atom is -0.403 e. The molecule has 0 saturated heterocycles. The molecule has 0 saturated carbocycles. The van der Waals surface area contributed by atoms with Crippen molar-refractivity contribution in [2.75, 3.05) is 0 Å². The molecule has 0 atom stereocenters. The average molecular weight is 1320 g/mol. The van der Waals surface area contributed by atoms with Gasteiger partial charge in [0.1, 0.15) is 0 Å². The van der Waals surface area contributed by atoms with Crippen LogP contribution in [0.4, 0.5) is 0 Å². The molecule has 0 aliphatic carbocycles. The topological polar surface area (TPSA) is 190 Å². The number of nitrogens with two attached hydrogens (primary N) is 3. The number of nitriles is 1. The second-order valence-corrected chi connectivity index (χ2v) is 8.92. The first-order chi connectivity index (χ1) is 18.1. The minimum absolute atomic E-state index is 0. The molecule has 0 bridgehead atoms. The van der Waals surface area contributed by atoms with Gasteiger partial charge in [0.15, 0.2) is 5.91 Å². The predicted octanol–water partition coefficient (Wildman–Crippen LogP) is 0.980. The number of thiocarbonyl (C=S) groups is 2. The summed E-state index contributed by atoms with van der Waals surface area (Å²) in [4.78, 5) is 11.4. The molecule has 240 valence electrons. The Bertz CT molecular complexity index is 1310.